The molecule has 3 rings (SSSR count). The van der Waals surface area contributed by atoms with Gasteiger partial charge in [-0.25, -0.2) is 4.79 Å². The fourth-order valence-electron chi connectivity index (χ4n) is 3.46. The van der Waals surface area contributed by atoms with Crippen molar-refractivity contribution in [2.24, 2.45) is 0 Å². The summed E-state index contributed by atoms with van der Waals surface area (Å²) in [5.41, 5.74) is 2.62. The molecular weight excluding hydrogens is 304 g/mol. The minimum absolute atomic E-state index is 0.0795. The average molecular weight is 330 g/mol. The zero-order valence-electron chi connectivity index (χ0n) is 14.2. The Hall–Kier alpha value is -2.24. The molecule has 3 N–H and O–H groups in total. The maximum absolute atomic E-state index is 12.1. The van der Waals surface area contributed by atoms with Crippen molar-refractivity contribution in [3.63, 3.8) is 0 Å². The van der Waals surface area contributed by atoms with Gasteiger partial charge in [-0.15, -0.1) is 0 Å². The summed E-state index contributed by atoms with van der Waals surface area (Å²) < 4.78 is 0. The Morgan fingerprint density at radius 2 is 2.21 bits per heavy atom. The van der Waals surface area contributed by atoms with E-state index in [4.69, 9.17) is 0 Å². The Labute approximate surface area is 143 Å². The van der Waals surface area contributed by atoms with E-state index in [0.717, 1.165) is 25.8 Å². The highest BCUT2D eigenvalue weighted by Gasteiger charge is 2.25. The number of anilines is 1. The number of fused-ring (bicyclic) bond motifs is 1. The largest absolute Gasteiger partial charge is 0.366 e. The van der Waals surface area contributed by atoms with Gasteiger partial charge in [0, 0.05) is 31.4 Å². The Balaban J connectivity index is 1.48. The summed E-state index contributed by atoms with van der Waals surface area (Å²) in [5, 5.41) is 8.53. The molecule has 2 unspecified atom stereocenters. The van der Waals surface area contributed by atoms with Crippen molar-refractivity contribution < 1.29 is 9.59 Å². The highest BCUT2D eigenvalue weighted by atomic mass is 16.2. The fourth-order valence-corrected chi connectivity index (χ4v) is 3.46. The molecule has 6 nitrogen and oxygen atoms in total. The lowest BCUT2D eigenvalue weighted by Gasteiger charge is -2.28. The highest BCUT2D eigenvalue weighted by Crippen LogP contribution is 2.28. The predicted octanol–water partition coefficient (Wildman–Crippen LogP) is 1.41. The molecule has 0 aromatic heterocycles. The molecule has 130 valence electrons. The third-order valence-corrected chi connectivity index (χ3v) is 4.85. The summed E-state index contributed by atoms with van der Waals surface area (Å²) in [4.78, 5) is 26.3. The summed E-state index contributed by atoms with van der Waals surface area (Å²) in [7, 11) is 0. The van der Waals surface area contributed by atoms with Gasteiger partial charge in [0.1, 0.15) is 6.04 Å². The smallest absolute Gasteiger partial charge is 0.315 e. The third kappa shape index (κ3) is 3.80. The number of carbonyl (C=O) groups excluding carboxylic acids is 2. The van der Waals surface area contributed by atoms with Crippen molar-refractivity contribution in [2.45, 2.75) is 44.7 Å². The quantitative estimate of drug-likeness (QED) is 0.781. The van der Waals surface area contributed by atoms with Gasteiger partial charge in [-0.2, -0.15) is 0 Å². The topological polar surface area (TPSA) is 73.5 Å². The number of benzene rings is 1. The van der Waals surface area contributed by atoms with E-state index in [1.165, 1.54) is 11.3 Å². The number of para-hydroxylation sites is 1. The lowest BCUT2D eigenvalue weighted by molar-refractivity contribution is -0.122. The number of rotatable bonds is 4. The fraction of sp³-hybridized carbons (Fsp3) is 0.556. The predicted molar refractivity (Wildman–Crippen MR) is 94.1 cm³/mol. The van der Waals surface area contributed by atoms with Crippen LogP contribution < -0.4 is 20.9 Å². The minimum atomic E-state index is -0.421. The molecule has 6 heteroatoms. The molecular formula is C18H26N4O2. The van der Waals surface area contributed by atoms with E-state index in [-0.39, 0.29) is 18.0 Å². The van der Waals surface area contributed by atoms with Gasteiger partial charge in [-0.1, -0.05) is 18.2 Å². The Morgan fingerprint density at radius 1 is 1.38 bits per heavy atom. The van der Waals surface area contributed by atoms with Gasteiger partial charge in [0.2, 0.25) is 5.91 Å². The molecule has 1 fully saturated rings. The second kappa shape index (κ2) is 7.55. The number of carbonyl (C=O) groups is 2. The average Bonchev–Trinajstić information content (AvgIpc) is 2.92. The van der Waals surface area contributed by atoms with Crippen LogP contribution in [-0.2, 0) is 11.2 Å². The van der Waals surface area contributed by atoms with Crippen LogP contribution in [0.2, 0.25) is 0 Å². The molecule has 0 aliphatic carbocycles. The van der Waals surface area contributed by atoms with Crippen LogP contribution in [0.5, 0.6) is 0 Å². The van der Waals surface area contributed by atoms with E-state index in [9.17, 15) is 9.59 Å². The van der Waals surface area contributed by atoms with Gasteiger partial charge < -0.3 is 20.9 Å². The van der Waals surface area contributed by atoms with Crippen molar-refractivity contribution in [2.75, 3.05) is 24.5 Å². The molecule has 2 atom stereocenters. The number of amides is 3. The number of nitrogens with zero attached hydrogens (tertiary/aromatic N) is 1. The highest BCUT2D eigenvalue weighted by molar-refractivity contribution is 5.87. The second-order valence-corrected chi connectivity index (χ2v) is 6.61. The molecule has 1 saturated heterocycles. The minimum Gasteiger partial charge on any atom is -0.366 e. The molecule has 0 saturated carbocycles. The number of nitrogens with one attached hydrogen (secondary N) is 3. The van der Waals surface area contributed by atoms with Crippen molar-refractivity contribution in [3.05, 3.63) is 29.8 Å². The molecule has 2 aliphatic rings. The van der Waals surface area contributed by atoms with E-state index in [1.807, 2.05) is 0 Å². The zero-order valence-corrected chi connectivity index (χ0v) is 14.2. The van der Waals surface area contributed by atoms with E-state index < -0.39 is 6.04 Å². The normalized spacial score (nSPS) is 21.5. The van der Waals surface area contributed by atoms with Crippen LogP contribution in [0.1, 0.15) is 31.7 Å². The molecule has 0 radical (unpaired) electrons. The Morgan fingerprint density at radius 3 is 3.08 bits per heavy atom. The first kappa shape index (κ1) is 16.6. The van der Waals surface area contributed by atoms with Gasteiger partial charge in [-0.3, -0.25) is 4.79 Å². The van der Waals surface area contributed by atoms with Crippen LogP contribution in [-0.4, -0.2) is 43.7 Å². The first-order valence-corrected chi connectivity index (χ1v) is 8.82. The Bertz CT molecular complexity index is 604. The van der Waals surface area contributed by atoms with Crippen molar-refractivity contribution in [1.29, 1.82) is 0 Å². The van der Waals surface area contributed by atoms with Gasteiger partial charge >= 0.3 is 6.03 Å². The zero-order chi connectivity index (χ0) is 16.9. The van der Waals surface area contributed by atoms with Crippen LogP contribution in [0.15, 0.2) is 24.3 Å². The summed E-state index contributed by atoms with van der Waals surface area (Å²) in [6, 6.07) is 7.93. The van der Waals surface area contributed by atoms with E-state index in [0.29, 0.717) is 19.5 Å². The van der Waals surface area contributed by atoms with E-state index in [1.54, 1.807) is 0 Å². The molecule has 3 amide bonds. The summed E-state index contributed by atoms with van der Waals surface area (Å²) in [6.45, 7) is 4.34. The number of urea groups is 1. The van der Waals surface area contributed by atoms with E-state index in [2.05, 4.69) is 52.0 Å². The van der Waals surface area contributed by atoms with Gasteiger partial charge in [0.15, 0.2) is 0 Å². The molecule has 24 heavy (non-hydrogen) atoms. The Kier molecular flexibility index (Phi) is 5.23. The monoisotopic (exact) mass is 330 g/mol. The van der Waals surface area contributed by atoms with Crippen LogP contribution in [0.4, 0.5) is 10.5 Å². The summed E-state index contributed by atoms with van der Waals surface area (Å²) >= 11 is 0. The van der Waals surface area contributed by atoms with Crippen LogP contribution in [0, 0.1) is 0 Å². The van der Waals surface area contributed by atoms with Crippen LogP contribution >= 0.6 is 0 Å². The van der Waals surface area contributed by atoms with Gasteiger partial charge in [0.25, 0.3) is 0 Å². The first-order chi connectivity index (χ1) is 11.6. The lowest BCUT2D eigenvalue weighted by Crippen LogP contribution is -2.51. The first-order valence-electron chi connectivity index (χ1n) is 8.82. The van der Waals surface area contributed by atoms with Crippen LogP contribution in [0.25, 0.3) is 0 Å². The maximum atomic E-state index is 12.1. The summed E-state index contributed by atoms with van der Waals surface area (Å²) in [5.74, 6) is -0.0795. The molecule has 0 spiro atoms. The standard InChI is InChI=1S/C18H26N4O2/c1-13(22-11-9-14-6-2-3-8-16(14)22)12-20-18(24)21-15-7-4-5-10-19-17(15)23/h2-3,6,8,13,15H,4-5,7,9-12H2,1H3,(H,19,23)(H2,20,21,24). The molecule has 2 heterocycles. The maximum Gasteiger partial charge on any atom is 0.315 e. The van der Waals surface area contributed by atoms with Crippen molar-refractivity contribution in [3.8, 4) is 0 Å². The molecule has 2 aliphatic heterocycles. The molecule has 1 aromatic carbocycles. The summed E-state index contributed by atoms with van der Waals surface area (Å²) in [6.07, 6.45) is 3.67. The second-order valence-electron chi connectivity index (χ2n) is 6.61. The van der Waals surface area contributed by atoms with Gasteiger partial charge in [0.05, 0.1) is 0 Å². The van der Waals surface area contributed by atoms with Crippen LogP contribution in [0.3, 0.4) is 0 Å². The molecule has 0 bridgehead atoms. The lowest BCUT2D eigenvalue weighted by atomic mass is 10.1. The third-order valence-electron chi connectivity index (χ3n) is 4.85. The van der Waals surface area contributed by atoms with Crippen molar-refractivity contribution >= 4 is 17.6 Å². The van der Waals surface area contributed by atoms with Crippen molar-refractivity contribution in [1.82, 2.24) is 16.0 Å². The molecule has 1 aromatic rings. The number of hydrogen-bond donors (Lipinski definition) is 3. The number of hydrogen-bond acceptors (Lipinski definition) is 3. The SMILES string of the molecule is CC(CNC(=O)NC1CCCCNC1=O)N1CCc2ccccc21. The van der Waals surface area contributed by atoms with E-state index >= 15 is 0 Å². The van der Waals surface area contributed by atoms with Gasteiger partial charge in [-0.05, 0) is 44.2 Å².